The molecule has 1 amide bonds. The van der Waals surface area contributed by atoms with Crippen LogP contribution >= 0.6 is 11.3 Å². The van der Waals surface area contributed by atoms with E-state index in [4.69, 9.17) is 0 Å². The molecule has 1 aliphatic heterocycles. The van der Waals surface area contributed by atoms with Crippen molar-refractivity contribution in [2.75, 3.05) is 13.1 Å². The highest BCUT2D eigenvalue weighted by Gasteiger charge is 2.28. The van der Waals surface area contributed by atoms with Crippen LogP contribution in [0.1, 0.15) is 34.6 Å². The Morgan fingerprint density at radius 1 is 1.32 bits per heavy atom. The first kappa shape index (κ1) is 17.5. The van der Waals surface area contributed by atoms with E-state index < -0.39 is 4.92 Å². The topological polar surface area (TPSA) is 88.4 Å². The van der Waals surface area contributed by atoms with Crippen LogP contribution in [0.15, 0.2) is 36.5 Å². The van der Waals surface area contributed by atoms with Gasteiger partial charge in [0.1, 0.15) is 0 Å². The second kappa shape index (κ2) is 8.17. The molecule has 3 heterocycles. The Labute approximate surface area is 149 Å². The highest BCUT2D eigenvalue weighted by Crippen LogP contribution is 2.27. The van der Waals surface area contributed by atoms with Crippen molar-refractivity contribution < 1.29 is 9.72 Å². The first-order valence-corrected chi connectivity index (χ1v) is 9.12. The number of hydrogen-bond donors (Lipinski definition) is 1. The van der Waals surface area contributed by atoms with Gasteiger partial charge < -0.3 is 10.2 Å². The van der Waals surface area contributed by atoms with Crippen molar-refractivity contribution in [2.45, 2.75) is 31.8 Å². The summed E-state index contributed by atoms with van der Waals surface area (Å²) in [5.74, 6) is -0.157. The SMILES string of the molecule is O=C(c1ccc([N+](=O)[O-])s1)N(Cc1ccccn1)C1CCCNCC1. The van der Waals surface area contributed by atoms with Crippen molar-refractivity contribution in [1.29, 1.82) is 0 Å². The van der Waals surface area contributed by atoms with Gasteiger partial charge in [-0.2, -0.15) is 0 Å². The maximum absolute atomic E-state index is 13.1. The minimum absolute atomic E-state index is 0.0105. The highest BCUT2D eigenvalue weighted by atomic mass is 32.1. The van der Waals surface area contributed by atoms with Crippen LogP contribution in [0.2, 0.25) is 0 Å². The number of thiophene rings is 1. The average molecular weight is 360 g/mol. The lowest BCUT2D eigenvalue weighted by Gasteiger charge is -2.30. The van der Waals surface area contributed by atoms with Crippen LogP contribution in [0.5, 0.6) is 0 Å². The van der Waals surface area contributed by atoms with Gasteiger partial charge >= 0.3 is 5.00 Å². The fraction of sp³-hybridized carbons (Fsp3) is 0.412. The van der Waals surface area contributed by atoms with Crippen molar-refractivity contribution in [2.24, 2.45) is 0 Å². The molecule has 0 radical (unpaired) electrons. The molecule has 2 aromatic rings. The summed E-state index contributed by atoms with van der Waals surface area (Å²) in [6.07, 6.45) is 4.49. The molecule has 0 saturated carbocycles. The van der Waals surface area contributed by atoms with Crippen LogP contribution in [0.4, 0.5) is 5.00 Å². The maximum atomic E-state index is 13.1. The molecule has 0 bridgehead atoms. The third-order valence-electron chi connectivity index (χ3n) is 4.29. The van der Waals surface area contributed by atoms with Crippen molar-refractivity contribution in [1.82, 2.24) is 15.2 Å². The van der Waals surface area contributed by atoms with Gasteiger partial charge in [0.25, 0.3) is 5.91 Å². The largest absolute Gasteiger partial charge is 0.329 e. The molecule has 132 valence electrons. The second-order valence-corrected chi connectivity index (χ2v) is 7.05. The Kier molecular flexibility index (Phi) is 5.72. The molecule has 1 N–H and O–H groups in total. The Bertz CT molecular complexity index is 727. The molecular weight excluding hydrogens is 340 g/mol. The molecule has 8 heteroatoms. The quantitative estimate of drug-likeness (QED) is 0.654. The van der Waals surface area contributed by atoms with Crippen LogP contribution in [0.3, 0.4) is 0 Å². The lowest BCUT2D eigenvalue weighted by molar-refractivity contribution is -0.380. The second-order valence-electron chi connectivity index (χ2n) is 5.98. The van der Waals surface area contributed by atoms with Gasteiger partial charge in [-0.25, -0.2) is 0 Å². The summed E-state index contributed by atoms with van der Waals surface area (Å²) in [6.45, 7) is 2.23. The smallest absolute Gasteiger partial charge is 0.324 e. The summed E-state index contributed by atoms with van der Waals surface area (Å²) in [5.41, 5.74) is 0.819. The first-order chi connectivity index (χ1) is 12.1. The van der Waals surface area contributed by atoms with Crippen LogP contribution in [0.25, 0.3) is 0 Å². The van der Waals surface area contributed by atoms with Gasteiger partial charge in [-0.1, -0.05) is 17.4 Å². The number of nitrogens with zero attached hydrogens (tertiary/aromatic N) is 3. The van der Waals surface area contributed by atoms with E-state index in [0.717, 1.165) is 49.4 Å². The van der Waals surface area contributed by atoms with E-state index in [1.165, 1.54) is 6.07 Å². The molecule has 0 spiro atoms. The van der Waals surface area contributed by atoms with Gasteiger partial charge in [-0.15, -0.1) is 0 Å². The molecule has 0 aromatic carbocycles. The number of pyridine rings is 1. The number of rotatable bonds is 5. The third-order valence-corrected chi connectivity index (χ3v) is 5.31. The van der Waals surface area contributed by atoms with E-state index in [9.17, 15) is 14.9 Å². The first-order valence-electron chi connectivity index (χ1n) is 8.31. The maximum Gasteiger partial charge on any atom is 0.324 e. The molecular formula is C17H20N4O3S. The Hall–Kier alpha value is -2.32. The van der Waals surface area contributed by atoms with Gasteiger partial charge in [0.2, 0.25) is 0 Å². The third kappa shape index (κ3) is 4.40. The van der Waals surface area contributed by atoms with E-state index in [2.05, 4.69) is 10.3 Å². The van der Waals surface area contributed by atoms with Gasteiger partial charge in [0.15, 0.2) is 0 Å². The van der Waals surface area contributed by atoms with E-state index >= 15 is 0 Å². The monoisotopic (exact) mass is 360 g/mol. The zero-order valence-electron chi connectivity index (χ0n) is 13.8. The average Bonchev–Trinajstić information content (AvgIpc) is 2.97. The zero-order chi connectivity index (χ0) is 17.6. The minimum Gasteiger partial charge on any atom is -0.329 e. The molecule has 1 saturated heterocycles. The molecule has 3 rings (SSSR count). The van der Waals surface area contributed by atoms with Crippen molar-refractivity contribution in [3.8, 4) is 0 Å². The summed E-state index contributed by atoms with van der Waals surface area (Å²) in [7, 11) is 0. The molecule has 25 heavy (non-hydrogen) atoms. The number of nitro groups is 1. The lowest BCUT2D eigenvalue weighted by atomic mass is 10.1. The van der Waals surface area contributed by atoms with E-state index in [0.29, 0.717) is 11.4 Å². The standard InChI is InChI=1S/C17H20N4O3S/c22-17(15-6-7-16(25-15)21(23)24)20(12-13-4-1-2-10-19-13)14-5-3-9-18-11-8-14/h1-2,4,6-7,10,14,18H,3,5,8-9,11-12H2. The van der Waals surface area contributed by atoms with Crippen molar-refractivity contribution in [3.63, 3.8) is 0 Å². The van der Waals surface area contributed by atoms with E-state index in [1.807, 2.05) is 23.1 Å². The number of amides is 1. The number of aromatic nitrogens is 1. The van der Waals surface area contributed by atoms with E-state index in [-0.39, 0.29) is 17.0 Å². The summed E-state index contributed by atoms with van der Waals surface area (Å²) in [6, 6.07) is 8.68. The predicted octanol–water partition coefficient (Wildman–Crippen LogP) is 2.84. The van der Waals surface area contributed by atoms with Crippen LogP contribution in [-0.4, -0.2) is 39.8 Å². The number of carbonyl (C=O) groups excluding carboxylic acids is 1. The Balaban J connectivity index is 1.85. The van der Waals surface area contributed by atoms with E-state index in [1.54, 1.807) is 12.3 Å². The summed E-state index contributed by atoms with van der Waals surface area (Å²) in [5, 5.41) is 14.3. The van der Waals surface area contributed by atoms with Crippen LogP contribution < -0.4 is 5.32 Å². The van der Waals surface area contributed by atoms with Gasteiger partial charge in [-0.05, 0) is 50.6 Å². The highest BCUT2D eigenvalue weighted by molar-refractivity contribution is 7.17. The van der Waals surface area contributed by atoms with Crippen molar-refractivity contribution in [3.05, 3.63) is 57.2 Å². The number of hydrogen-bond acceptors (Lipinski definition) is 6. The number of carbonyl (C=O) groups is 1. The summed E-state index contributed by atoms with van der Waals surface area (Å²) in [4.78, 5) is 30.1. The van der Waals surface area contributed by atoms with Crippen molar-refractivity contribution >= 4 is 22.2 Å². The fourth-order valence-electron chi connectivity index (χ4n) is 3.03. The zero-order valence-corrected chi connectivity index (χ0v) is 14.6. The molecule has 1 unspecified atom stereocenters. The Morgan fingerprint density at radius 2 is 2.20 bits per heavy atom. The summed E-state index contributed by atoms with van der Waals surface area (Å²) < 4.78 is 0. The normalized spacial score (nSPS) is 17.7. The van der Waals surface area contributed by atoms with Gasteiger partial charge in [-0.3, -0.25) is 19.9 Å². The molecule has 0 aliphatic carbocycles. The summed E-state index contributed by atoms with van der Waals surface area (Å²) >= 11 is 0.931. The van der Waals surface area contributed by atoms with Gasteiger partial charge in [0.05, 0.1) is 22.0 Å². The van der Waals surface area contributed by atoms with Crippen LogP contribution in [-0.2, 0) is 6.54 Å². The minimum atomic E-state index is -0.458. The van der Waals surface area contributed by atoms with Crippen LogP contribution in [0, 0.1) is 10.1 Å². The van der Waals surface area contributed by atoms with Gasteiger partial charge in [0, 0.05) is 18.3 Å². The Morgan fingerprint density at radius 3 is 2.92 bits per heavy atom. The molecule has 1 aliphatic rings. The molecule has 2 aromatic heterocycles. The lowest BCUT2D eigenvalue weighted by Crippen LogP contribution is -2.40. The predicted molar refractivity (Wildman–Crippen MR) is 95.6 cm³/mol. The fourth-order valence-corrected chi connectivity index (χ4v) is 3.80. The number of nitrogens with one attached hydrogen (secondary N) is 1. The molecule has 1 fully saturated rings. The molecule has 1 atom stereocenters. The molecule has 7 nitrogen and oxygen atoms in total.